The van der Waals surface area contributed by atoms with E-state index in [4.69, 9.17) is 5.73 Å². The Balaban J connectivity index is 2.26. The van der Waals surface area contributed by atoms with Crippen molar-refractivity contribution in [2.24, 2.45) is 0 Å². The van der Waals surface area contributed by atoms with Crippen LogP contribution >= 0.6 is 0 Å². The number of aliphatic hydroxyl groups is 1. The highest BCUT2D eigenvalue weighted by molar-refractivity contribution is 5.41. The maximum absolute atomic E-state index is 11.0. The Morgan fingerprint density at radius 2 is 1.74 bits per heavy atom. The molecule has 3 nitrogen and oxygen atoms in total. The zero-order chi connectivity index (χ0) is 13.9. The SMILES string of the molecule is CN(C)CC(c1ccc(N)cc1)C1(O)CCCCC1. The number of nitrogen functional groups attached to an aromatic ring is 1. The average molecular weight is 262 g/mol. The van der Waals surface area contributed by atoms with E-state index >= 15 is 0 Å². The quantitative estimate of drug-likeness (QED) is 0.820. The first-order valence-corrected chi connectivity index (χ1v) is 7.24. The molecule has 0 radical (unpaired) electrons. The fraction of sp³-hybridized carbons (Fsp3) is 0.625. The second-order valence-electron chi connectivity index (χ2n) is 6.15. The number of nitrogens with two attached hydrogens (primary N) is 1. The van der Waals surface area contributed by atoms with Gasteiger partial charge in [-0.25, -0.2) is 0 Å². The van der Waals surface area contributed by atoms with Crippen LogP contribution in [0.2, 0.25) is 0 Å². The first-order valence-electron chi connectivity index (χ1n) is 7.24. The molecule has 0 bridgehead atoms. The van der Waals surface area contributed by atoms with E-state index in [9.17, 15) is 5.11 Å². The topological polar surface area (TPSA) is 49.5 Å². The molecular formula is C16H26N2O. The van der Waals surface area contributed by atoms with Crippen LogP contribution in [-0.2, 0) is 0 Å². The maximum Gasteiger partial charge on any atom is 0.0728 e. The lowest BCUT2D eigenvalue weighted by Crippen LogP contribution is -2.42. The number of nitrogens with zero attached hydrogens (tertiary/aromatic N) is 1. The highest BCUT2D eigenvalue weighted by Crippen LogP contribution is 2.40. The van der Waals surface area contributed by atoms with Gasteiger partial charge in [-0.2, -0.15) is 0 Å². The molecule has 106 valence electrons. The van der Waals surface area contributed by atoms with Gasteiger partial charge in [0.1, 0.15) is 0 Å². The Labute approximate surface area is 116 Å². The third-order valence-electron chi connectivity index (χ3n) is 4.25. The summed E-state index contributed by atoms with van der Waals surface area (Å²) in [6, 6.07) is 8.00. The molecule has 1 aromatic carbocycles. The van der Waals surface area contributed by atoms with Gasteiger partial charge in [-0.05, 0) is 44.6 Å². The van der Waals surface area contributed by atoms with E-state index in [0.717, 1.165) is 37.9 Å². The molecule has 1 unspecified atom stereocenters. The molecule has 0 aliphatic heterocycles. The Kier molecular flexibility index (Phi) is 4.48. The van der Waals surface area contributed by atoms with Crippen LogP contribution in [0.25, 0.3) is 0 Å². The van der Waals surface area contributed by atoms with Crippen LogP contribution in [0.3, 0.4) is 0 Å². The van der Waals surface area contributed by atoms with Crippen LogP contribution in [0.15, 0.2) is 24.3 Å². The fourth-order valence-electron chi connectivity index (χ4n) is 3.19. The van der Waals surface area contributed by atoms with Gasteiger partial charge in [-0.15, -0.1) is 0 Å². The molecule has 0 heterocycles. The highest BCUT2D eigenvalue weighted by Gasteiger charge is 2.38. The standard InChI is InChI=1S/C16H26N2O/c1-18(2)12-15(13-6-8-14(17)9-7-13)16(19)10-4-3-5-11-16/h6-9,15,19H,3-5,10-12,17H2,1-2H3. The summed E-state index contributed by atoms with van der Waals surface area (Å²) in [6.07, 6.45) is 5.34. The Bertz CT molecular complexity index is 394. The molecule has 1 atom stereocenters. The van der Waals surface area contributed by atoms with Gasteiger partial charge in [0.2, 0.25) is 0 Å². The molecule has 1 aliphatic carbocycles. The summed E-state index contributed by atoms with van der Waals surface area (Å²) >= 11 is 0. The monoisotopic (exact) mass is 262 g/mol. The van der Waals surface area contributed by atoms with Crippen molar-refractivity contribution in [2.45, 2.75) is 43.6 Å². The van der Waals surface area contributed by atoms with Crippen LogP contribution in [0.5, 0.6) is 0 Å². The van der Waals surface area contributed by atoms with E-state index in [-0.39, 0.29) is 5.92 Å². The van der Waals surface area contributed by atoms with Gasteiger partial charge in [0, 0.05) is 18.2 Å². The van der Waals surface area contributed by atoms with Crippen LogP contribution < -0.4 is 5.73 Å². The third kappa shape index (κ3) is 3.48. The Morgan fingerprint density at radius 1 is 1.16 bits per heavy atom. The fourth-order valence-corrected chi connectivity index (χ4v) is 3.19. The predicted octanol–water partition coefficient (Wildman–Crippen LogP) is 2.61. The number of hydrogen-bond acceptors (Lipinski definition) is 3. The van der Waals surface area contributed by atoms with E-state index in [0.29, 0.717) is 0 Å². The smallest absolute Gasteiger partial charge is 0.0728 e. The second-order valence-corrected chi connectivity index (χ2v) is 6.15. The molecule has 1 saturated carbocycles. The second kappa shape index (κ2) is 5.93. The third-order valence-corrected chi connectivity index (χ3v) is 4.25. The summed E-state index contributed by atoms with van der Waals surface area (Å²) < 4.78 is 0. The summed E-state index contributed by atoms with van der Waals surface area (Å²) in [5.74, 6) is 0.170. The molecule has 3 heteroatoms. The summed E-state index contributed by atoms with van der Waals surface area (Å²) in [5, 5.41) is 11.0. The van der Waals surface area contributed by atoms with Crippen molar-refractivity contribution >= 4 is 5.69 Å². The zero-order valence-corrected chi connectivity index (χ0v) is 12.1. The van der Waals surface area contributed by atoms with Crippen molar-refractivity contribution < 1.29 is 5.11 Å². The van der Waals surface area contributed by atoms with E-state index in [2.05, 4.69) is 31.1 Å². The van der Waals surface area contributed by atoms with Crippen LogP contribution in [0, 0.1) is 0 Å². The molecule has 0 spiro atoms. The lowest BCUT2D eigenvalue weighted by molar-refractivity contribution is -0.0277. The molecule has 0 amide bonds. The summed E-state index contributed by atoms with van der Waals surface area (Å²) in [5.41, 5.74) is 7.19. The Morgan fingerprint density at radius 3 is 2.26 bits per heavy atom. The largest absolute Gasteiger partial charge is 0.399 e. The van der Waals surface area contributed by atoms with E-state index < -0.39 is 5.60 Å². The minimum Gasteiger partial charge on any atom is -0.399 e. The number of rotatable bonds is 4. The number of likely N-dealkylation sites (N-methyl/N-ethyl adjacent to an activating group) is 1. The minimum atomic E-state index is -0.557. The van der Waals surface area contributed by atoms with Gasteiger partial charge in [0.25, 0.3) is 0 Å². The van der Waals surface area contributed by atoms with E-state index in [1.807, 2.05) is 12.1 Å². The summed E-state index contributed by atoms with van der Waals surface area (Å²) in [6.45, 7) is 0.875. The van der Waals surface area contributed by atoms with Crippen molar-refractivity contribution in [3.63, 3.8) is 0 Å². The average Bonchev–Trinajstić information content (AvgIpc) is 2.38. The van der Waals surface area contributed by atoms with Crippen molar-refractivity contribution in [3.05, 3.63) is 29.8 Å². The lowest BCUT2D eigenvalue weighted by atomic mass is 9.72. The van der Waals surface area contributed by atoms with Crippen molar-refractivity contribution in [3.8, 4) is 0 Å². The first kappa shape index (κ1) is 14.4. The predicted molar refractivity (Wildman–Crippen MR) is 80.2 cm³/mol. The summed E-state index contributed by atoms with van der Waals surface area (Å²) in [7, 11) is 4.13. The molecule has 1 aliphatic rings. The van der Waals surface area contributed by atoms with Crippen molar-refractivity contribution in [2.75, 3.05) is 26.4 Å². The molecule has 0 saturated heterocycles. The number of hydrogen-bond donors (Lipinski definition) is 2. The minimum absolute atomic E-state index is 0.170. The van der Waals surface area contributed by atoms with Crippen LogP contribution in [0.4, 0.5) is 5.69 Å². The molecule has 1 fully saturated rings. The Hall–Kier alpha value is -1.06. The van der Waals surface area contributed by atoms with Gasteiger partial charge in [0.15, 0.2) is 0 Å². The lowest BCUT2D eigenvalue weighted by Gasteiger charge is -2.40. The van der Waals surface area contributed by atoms with Gasteiger partial charge in [-0.3, -0.25) is 0 Å². The number of benzene rings is 1. The van der Waals surface area contributed by atoms with Gasteiger partial charge in [-0.1, -0.05) is 31.4 Å². The van der Waals surface area contributed by atoms with Crippen molar-refractivity contribution in [1.29, 1.82) is 0 Å². The number of anilines is 1. The van der Waals surface area contributed by atoms with Crippen LogP contribution in [-0.4, -0.2) is 36.2 Å². The normalized spacial score (nSPS) is 20.4. The van der Waals surface area contributed by atoms with E-state index in [1.165, 1.54) is 12.0 Å². The molecule has 1 aromatic rings. The van der Waals surface area contributed by atoms with Crippen molar-refractivity contribution in [1.82, 2.24) is 4.90 Å². The molecular weight excluding hydrogens is 236 g/mol. The summed E-state index contributed by atoms with van der Waals surface area (Å²) in [4.78, 5) is 2.16. The molecule has 0 aromatic heterocycles. The maximum atomic E-state index is 11.0. The van der Waals surface area contributed by atoms with E-state index in [1.54, 1.807) is 0 Å². The molecule has 3 N–H and O–H groups in total. The zero-order valence-electron chi connectivity index (χ0n) is 12.1. The molecule has 19 heavy (non-hydrogen) atoms. The van der Waals surface area contributed by atoms with Gasteiger partial charge < -0.3 is 15.7 Å². The van der Waals surface area contributed by atoms with Crippen LogP contribution in [0.1, 0.15) is 43.6 Å². The van der Waals surface area contributed by atoms with Gasteiger partial charge >= 0.3 is 0 Å². The van der Waals surface area contributed by atoms with Gasteiger partial charge in [0.05, 0.1) is 5.60 Å². The first-order chi connectivity index (χ1) is 9.01. The highest BCUT2D eigenvalue weighted by atomic mass is 16.3. The molecule has 2 rings (SSSR count).